The van der Waals surface area contributed by atoms with Gasteiger partial charge >= 0.3 is 0 Å². The van der Waals surface area contributed by atoms with E-state index in [9.17, 15) is 13.5 Å². The average molecular weight is 316 g/mol. The highest BCUT2D eigenvalue weighted by Gasteiger charge is 2.15. The molecule has 0 aromatic heterocycles. The van der Waals surface area contributed by atoms with E-state index >= 15 is 0 Å². The fourth-order valence-electron chi connectivity index (χ4n) is 1.88. The zero-order valence-corrected chi connectivity index (χ0v) is 12.1. The van der Waals surface area contributed by atoms with Crippen LogP contribution in [-0.4, -0.2) is 31.0 Å². The van der Waals surface area contributed by atoms with E-state index in [1.807, 2.05) is 0 Å². The summed E-state index contributed by atoms with van der Waals surface area (Å²) in [7, 11) is -3.57. The molecule has 2 aromatic rings. The lowest BCUT2D eigenvalue weighted by atomic mass is 10.1. The number of aliphatic hydroxyl groups is 1. The number of fused-ring (bicyclic) bond motifs is 1. The van der Waals surface area contributed by atoms with Gasteiger partial charge in [0.2, 0.25) is 10.0 Å². The van der Waals surface area contributed by atoms with E-state index in [-0.39, 0.29) is 29.6 Å². The van der Waals surface area contributed by atoms with Gasteiger partial charge in [-0.3, -0.25) is 4.72 Å². The molecule has 0 spiro atoms. The molecule has 3 N–H and O–H groups in total. The Morgan fingerprint density at radius 2 is 1.85 bits per heavy atom. The number of halogens is 1. The second kappa shape index (κ2) is 5.87. The summed E-state index contributed by atoms with van der Waals surface area (Å²) in [5.41, 5.74) is 0.307. The van der Waals surface area contributed by atoms with Crippen molar-refractivity contribution in [2.24, 2.45) is 0 Å². The normalized spacial score (nSPS) is 11.7. The van der Waals surface area contributed by atoms with Crippen LogP contribution in [0.3, 0.4) is 0 Å². The minimum atomic E-state index is -3.57. The van der Waals surface area contributed by atoms with Crippen LogP contribution in [0.15, 0.2) is 30.3 Å². The van der Waals surface area contributed by atoms with Crippen molar-refractivity contribution >= 4 is 38.1 Å². The van der Waals surface area contributed by atoms with Crippen molar-refractivity contribution in [2.45, 2.75) is 6.42 Å². The molecule has 5 nitrogen and oxygen atoms in total. The van der Waals surface area contributed by atoms with Gasteiger partial charge < -0.3 is 10.2 Å². The minimum absolute atomic E-state index is 0.0727. The number of aliphatic hydroxyl groups excluding tert-OH is 1. The van der Waals surface area contributed by atoms with Gasteiger partial charge in [-0.15, -0.1) is 0 Å². The van der Waals surface area contributed by atoms with E-state index in [2.05, 4.69) is 4.72 Å². The lowest BCUT2D eigenvalue weighted by Gasteiger charge is -2.12. The van der Waals surface area contributed by atoms with Crippen molar-refractivity contribution < 1.29 is 18.6 Å². The van der Waals surface area contributed by atoms with Crippen molar-refractivity contribution in [3.63, 3.8) is 0 Å². The zero-order chi connectivity index (χ0) is 14.8. The summed E-state index contributed by atoms with van der Waals surface area (Å²) in [6.07, 6.45) is 0.152. The maximum atomic E-state index is 11.9. The van der Waals surface area contributed by atoms with E-state index in [4.69, 9.17) is 16.7 Å². The largest absolute Gasteiger partial charge is 0.506 e. The standard InChI is InChI=1S/C13H14ClNO4S/c14-11-8-12(15-20(18,19)7-3-6-16)9-4-1-2-5-10(9)13(11)17/h1-2,4-5,8,15-17H,3,6-7H2. The first-order valence-electron chi connectivity index (χ1n) is 5.96. The lowest BCUT2D eigenvalue weighted by molar-refractivity contribution is 0.295. The highest BCUT2D eigenvalue weighted by molar-refractivity contribution is 7.92. The summed E-state index contributed by atoms with van der Waals surface area (Å²) in [6.45, 7) is -0.196. The molecular weight excluding hydrogens is 302 g/mol. The number of phenolic OH excluding ortho intramolecular Hbond substituents is 1. The highest BCUT2D eigenvalue weighted by atomic mass is 35.5. The predicted octanol–water partition coefficient (Wildman–Crippen LogP) is 2.32. The molecule has 20 heavy (non-hydrogen) atoms. The van der Waals surface area contributed by atoms with Crippen LogP contribution in [0.4, 0.5) is 5.69 Å². The minimum Gasteiger partial charge on any atom is -0.506 e. The number of sulfonamides is 1. The maximum Gasteiger partial charge on any atom is 0.232 e. The van der Waals surface area contributed by atoms with Crippen LogP contribution in [0.25, 0.3) is 10.8 Å². The van der Waals surface area contributed by atoms with Crippen LogP contribution in [-0.2, 0) is 10.0 Å². The Morgan fingerprint density at radius 3 is 2.50 bits per heavy atom. The summed E-state index contributed by atoms with van der Waals surface area (Å²) in [5.74, 6) is -0.267. The molecular formula is C13H14ClNO4S. The van der Waals surface area contributed by atoms with Gasteiger partial charge in [0.15, 0.2) is 0 Å². The molecule has 0 amide bonds. The molecule has 0 fully saturated rings. The van der Waals surface area contributed by atoms with E-state index in [1.165, 1.54) is 6.07 Å². The molecule has 0 atom stereocenters. The number of anilines is 1. The highest BCUT2D eigenvalue weighted by Crippen LogP contribution is 2.37. The van der Waals surface area contributed by atoms with Gasteiger partial charge in [-0.2, -0.15) is 0 Å². The van der Waals surface area contributed by atoms with Crippen LogP contribution in [0.2, 0.25) is 5.02 Å². The molecule has 0 aliphatic heterocycles. The van der Waals surface area contributed by atoms with Crippen molar-refractivity contribution in [2.75, 3.05) is 17.1 Å². The topological polar surface area (TPSA) is 86.6 Å². The monoisotopic (exact) mass is 315 g/mol. The second-order valence-corrected chi connectivity index (χ2v) is 6.55. The Hall–Kier alpha value is -1.50. The number of benzene rings is 2. The van der Waals surface area contributed by atoms with Crippen molar-refractivity contribution in [1.29, 1.82) is 0 Å². The van der Waals surface area contributed by atoms with Crippen LogP contribution in [0.1, 0.15) is 6.42 Å². The van der Waals surface area contributed by atoms with Gasteiger partial charge in [0, 0.05) is 17.4 Å². The van der Waals surface area contributed by atoms with Gasteiger partial charge in [-0.1, -0.05) is 35.9 Å². The fraction of sp³-hybridized carbons (Fsp3) is 0.231. The van der Waals surface area contributed by atoms with Gasteiger partial charge in [-0.05, 0) is 12.5 Å². The lowest BCUT2D eigenvalue weighted by Crippen LogP contribution is -2.17. The molecule has 0 saturated carbocycles. The summed E-state index contributed by atoms with van der Waals surface area (Å²) >= 11 is 5.90. The average Bonchev–Trinajstić information content (AvgIpc) is 2.42. The third-order valence-electron chi connectivity index (χ3n) is 2.81. The van der Waals surface area contributed by atoms with Gasteiger partial charge in [0.25, 0.3) is 0 Å². The summed E-state index contributed by atoms with van der Waals surface area (Å²) in [5, 5.41) is 19.7. The molecule has 0 aliphatic carbocycles. The zero-order valence-electron chi connectivity index (χ0n) is 10.5. The van der Waals surface area contributed by atoms with Crippen molar-refractivity contribution in [3.05, 3.63) is 35.4 Å². The molecule has 0 aliphatic rings. The number of aromatic hydroxyl groups is 1. The smallest absolute Gasteiger partial charge is 0.232 e. The number of nitrogens with one attached hydrogen (secondary N) is 1. The third-order valence-corrected chi connectivity index (χ3v) is 4.45. The summed E-state index contributed by atoms with van der Waals surface area (Å²) in [4.78, 5) is 0. The van der Waals surface area contributed by atoms with E-state index in [0.717, 1.165) is 0 Å². The molecule has 0 saturated heterocycles. The fourth-order valence-corrected chi connectivity index (χ4v) is 3.21. The Labute approximate surface area is 121 Å². The number of hydrogen-bond donors (Lipinski definition) is 3. The van der Waals surface area contributed by atoms with Crippen LogP contribution in [0, 0.1) is 0 Å². The number of hydrogen-bond acceptors (Lipinski definition) is 4. The third kappa shape index (κ3) is 3.15. The van der Waals surface area contributed by atoms with E-state index in [1.54, 1.807) is 24.3 Å². The van der Waals surface area contributed by atoms with Crippen LogP contribution >= 0.6 is 11.6 Å². The quantitative estimate of drug-likeness (QED) is 0.739. The number of rotatable bonds is 5. The first kappa shape index (κ1) is 14.9. The molecule has 2 rings (SSSR count). The molecule has 0 heterocycles. The SMILES string of the molecule is O=S(=O)(CCCO)Nc1cc(Cl)c(O)c2ccccc12. The van der Waals surface area contributed by atoms with E-state index < -0.39 is 10.0 Å². The van der Waals surface area contributed by atoms with Crippen molar-refractivity contribution in [1.82, 2.24) is 0 Å². The molecule has 0 radical (unpaired) electrons. The summed E-state index contributed by atoms with van der Waals surface area (Å²) in [6, 6.07) is 8.18. The Morgan fingerprint density at radius 1 is 1.20 bits per heavy atom. The van der Waals surface area contributed by atoms with Gasteiger partial charge in [0.1, 0.15) is 5.75 Å². The van der Waals surface area contributed by atoms with Gasteiger partial charge in [0.05, 0.1) is 16.5 Å². The molecule has 0 bridgehead atoms. The molecule has 108 valence electrons. The van der Waals surface area contributed by atoms with E-state index in [0.29, 0.717) is 16.5 Å². The van der Waals surface area contributed by atoms with Crippen LogP contribution in [0.5, 0.6) is 5.75 Å². The molecule has 7 heteroatoms. The number of phenols is 1. The Kier molecular flexibility index (Phi) is 4.37. The summed E-state index contributed by atoms with van der Waals surface area (Å²) < 4.78 is 26.2. The second-order valence-electron chi connectivity index (χ2n) is 4.30. The van der Waals surface area contributed by atoms with Gasteiger partial charge in [-0.25, -0.2) is 8.42 Å². The van der Waals surface area contributed by atoms with Crippen molar-refractivity contribution in [3.8, 4) is 5.75 Å². The first-order chi connectivity index (χ1) is 9.44. The first-order valence-corrected chi connectivity index (χ1v) is 7.99. The molecule has 0 unspecified atom stereocenters. The maximum absolute atomic E-state index is 11.9. The predicted molar refractivity (Wildman–Crippen MR) is 79.7 cm³/mol. The van der Waals surface area contributed by atoms with Crippen LogP contribution < -0.4 is 4.72 Å². The Balaban J connectivity index is 2.48. The Bertz CT molecular complexity index is 730. The molecule has 2 aromatic carbocycles.